The molecule has 11 heteroatoms. The third kappa shape index (κ3) is 2.32. The summed E-state index contributed by atoms with van der Waals surface area (Å²) >= 11 is 0. The van der Waals surface area contributed by atoms with Crippen LogP contribution in [-0.4, -0.2) is 31.0 Å². The van der Waals surface area contributed by atoms with Gasteiger partial charge in [0.2, 0.25) is 5.82 Å². The van der Waals surface area contributed by atoms with Crippen LogP contribution in [0.1, 0.15) is 5.89 Å². The van der Waals surface area contributed by atoms with Gasteiger partial charge in [0.25, 0.3) is 0 Å². The Morgan fingerprint density at radius 1 is 1.32 bits per heavy atom. The molecule has 0 bridgehead atoms. The van der Waals surface area contributed by atoms with Crippen LogP contribution in [0.4, 0.5) is 23.7 Å². The fraction of sp³-hybridized carbons (Fsp3) is 0.0909. The molecule has 0 aliphatic heterocycles. The van der Waals surface area contributed by atoms with Gasteiger partial charge in [0.05, 0.1) is 17.4 Å². The largest absolute Gasteiger partial charge is 0.471 e. The highest BCUT2D eigenvalue weighted by Gasteiger charge is 2.38. The molecule has 0 aliphatic carbocycles. The summed E-state index contributed by atoms with van der Waals surface area (Å²) in [6.07, 6.45) is -4.68. The van der Waals surface area contributed by atoms with E-state index in [0.717, 1.165) is 0 Å². The Morgan fingerprint density at radius 2 is 2.09 bits per heavy atom. The van der Waals surface area contributed by atoms with Gasteiger partial charge in [-0.15, -0.1) is 0 Å². The highest BCUT2D eigenvalue weighted by atomic mass is 19.4. The smallest absolute Gasteiger partial charge is 0.465 e. The molecule has 0 saturated heterocycles. The molecule has 1 amide bonds. The maximum absolute atomic E-state index is 12.5. The molecule has 114 valence electrons. The second-order valence-corrected chi connectivity index (χ2v) is 4.11. The number of pyridine rings is 1. The van der Waals surface area contributed by atoms with Gasteiger partial charge in [-0.25, -0.2) is 9.31 Å². The predicted molar refractivity (Wildman–Crippen MR) is 65.1 cm³/mol. The number of amides is 1. The van der Waals surface area contributed by atoms with Crippen molar-refractivity contribution in [3.63, 3.8) is 0 Å². The molecule has 3 heterocycles. The molecule has 3 aromatic heterocycles. The number of carboxylic acid groups (broad SMARTS) is 1. The molecule has 0 spiro atoms. The van der Waals surface area contributed by atoms with Crippen molar-refractivity contribution < 1.29 is 27.6 Å². The number of carbonyl (C=O) groups is 1. The number of rotatable bonds is 2. The minimum atomic E-state index is -4.75. The first kappa shape index (κ1) is 13.9. The summed E-state index contributed by atoms with van der Waals surface area (Å²) in [6, 6.07) is 4.18. The third-order valence-electron chi connectivity index (χ3n) is 2.69. The van der Waals surface area contributed by atoms with Crippen LogP contribution in [0.2, 0.25) is 0 Å². The summed E-state index contributed by atoms with van der Waals surface area (Å²) in [4.78, 5) is 14.0. The van der Waals surface area contributed by atoms with Crippen LogP contribution in [0.5, 0.6) is 0 Å². The predicted octanol–water partition coefficient (Wildman–Crippen LogP) is 2.49. The zero-order valence-corrected chi connectivity index (χ0v) is 10.5. The van der Waals surface area contributed by atoms with Gasteiger partial charge in [0.1, 0.15) is 5.69 Å². The number of nitrogens with zero attached hydrogens (tertiary/aromatic N) is 4. The average Bonchev–Trinajstić information content (AvgIpc) is 3.06. The maximum atomic E-state index is 12.5. The molecular formula is C11H6F3N5O3. The van der Waals surface area contributed by atoms with Gasteiger partial charge in [-0.2, -0.15) is 23.3 Å². The topological polar surface area (TPSA) is 106 Å². The minimum Gasteiger partial charge on any atom is -0.465 e. The third-order valence-corrected chi connectivity index (χ3v) is 2.69. The number of nitrogens with one attached hydrogen (secondary N) is 1. The van der Waals surface area contributed by atoms with Gasteiger partial charge >= 0.3 is 18.2 Å². The van der Waals surface area contributed by atoms with Crippen LogP contribution >= 0.6 is 0 Å². The fourth-order valence-corrected chi connectivity index (χ4v) is 1.85. The second-order valence-electron chi connectivity index (χ2n) is 4.11. The van der Waals surface area contributed by atoms with Crippen molar-refractivity contribution in [2.24, 2.45) is 0 Å². The van der Waals surface area contributed by atoms with Crippen molar-refractivity contribution in [3.05, 3.63) is 30.3 Å². The molecule has 22 heavy (non-hydrogen) atoms. The van der Waals surface area contributed by atoms with Crippen molar-refractivity contribution in [2.75, 3.05) is 5.32 Å². The molecule has 0 aliphatic rings. The number of anilines is 1. The Hall–Kier alpha value is -3.11. The molecule has 0 unspecified atom stereocenters. The Labute approximate surface area is 119 Å². The van der Waals surface area contributed by atoms with Crippen molar-refractivity contribution in [1.29, 1.82) is 0 Å². The van der Waals surface area contributed by atoms with E-state index in [2.05, 4.69) is 25.1 Å². The summed E-state index contributed by atoms with van der Waals surface area (Å²) in [5, 5.41) is 18.1. The van der Waals surface area contributed by atoms with Crippen LogP contribution in [-0.2, 0) is 6.18 Å². The van der Waals surface area contributed by atoms with Gasteiger partial charge < -0.3 is 9.63 Å². The standard InChI is InChI=1S/C11H6F3N5O3/c12-11(13,14)9-17-8(18-22-9)7-2-1-5(16-10(20)21)6-3-4-15-19(6)7/h1-4,16H,(H,20,21). The van der Waals surface area contributed by atoms with Crippen molar-refractivity contribution in [3.8, 4) is 11.5 Å². The number of halogens is 3. The van der Waals surface area contributed by atoms with E-state index in [9.17, 15) is 18.0 Å². The number of hydrogen-bond acceptors (Lipinski definition) is 5. The Bertz CT molecular complexity index is 854. The van der Waals surface area contributed by atoms with Crippen molar-refractivity contribution in [2.45, 2.75) is 6.18 Å². The zero-order chi connectivity index (χ0) is 15.9. The van der Waals surface area contributed by atoms with E-state index in [0.29, 0.717) is 5.52 Å². The highest BCUT2D eigenvalue weighted by Crippen LogP contribution is 2.30. The maximum Gasteiger partial charge on any atom is 0.471 e. The molecule has 0 aromatic carbocycles. The molecule has 0 fully saturated rings. The first-order valence-corrected chi connectivity index (χ1v) is 5.74. The Balaban J connectivity index is 2.11. The first-order chi connectivity index (χ1) is 10.4. The lowest BCUT2D eigenvalue weighted by Crippen LogP contribution is -2.09. The van der Waals surface area contributed by atoms with E-state index < -0.39 is 18.2 Å². The highest BCUT2D eigenvalue weighted by molar-refractivity contribution is 5.90. The Morgan fingerprint density at radius 3 is 2.73 bits per heavy atom. The van der Waals surface area contributed by atoms with E-state index in [1.165, 1.54) is 28.9 Å². The second kappa shape index (κ2) is 4.72. The number of aromatic nitrogens is 4. The van der Waals surface area contributed by atoms with Crippen molar-refractivity contribution >= 4 is 17.3 Å². The van der Waals surface area contributed by atoms with Crippen LogP contribution < -0.4 is 5.32 Å². The van der Waals surface area contributed by atoms with Crippen molar-refractivity contribution in [1.82, 2.24) is 19.8 Å². The van der Waals surface area contributed by atoms with E-state index >= 15 is 0 Å². The SMILES string of the molecule is O=C(O)Nc1ccc(-c2noc(C(F)(F)F)n2)n2nccc12. The van der Waals surface area contributed by atoms with E-state index in [1.54, 1.807) is 0 Å². The molecule has 0 radical (unpaired) electrons. The summed E-state index contributed by atoms with van der Waals surface area (Å²) in [5.74, 6) is -1.79. The first-order valence-electron chi connectivity index (χ1n) is 5.74. The molecule has 3 aromatic rings. The lowest BCUT2D eigenvalue weighted by atomic mass is 10.2. The van der Waals surface area contributed by atoms with Crippen LogP contribution in [0.25, 0.3) is 17.0 Å². The van der Waals surface area contributed by atoms with E-state index in [4.69, 9.17) is 5.11 Å². The summed E-state index contributed by atoms with van der Waals surface area (Å²) in [6.45, 7) is 0. The molecule has 0 atom stereocenters. The molecule has 2 N–H and O–H groups in total. The molecule has 3 rings (SSSR count). The van der Waals surface area contributed by atoms with Gasteiger partial charge in [-0.1, -0.05) is 5.16 Å². The lowest BCUT2D eigenvalue weighted by molar-refractivity contribution is -0.159. The Kier molecular flexibility index (Phi) is 2.97. The average molecular weight is 313 g/mol. The lowest BCUT2D eigenvalue weighted by Gasteiger charge is -2.06. The van der Waals surface area contributed by atoms with Gasteiger partial charge in [0.15, 0.2) is 0 Å². The van der Waals surface area contributed by atoms with Crippen LogP contribution in [0, 0.1) is 0 Å². The van der Waals surface area contributed by atoms with E-state index in [1.807, 2.05) is 0 Å². The summed E-state index contributed by atoms with van der Waals surface area (Å²) < 4.78 is 42.8. The van der Waals surface area contributed by atoms with Gasteiger partial charge in [-0.05, 0) is 18.2 Å². The summed E-state index contributed by atoms with van der Waals surface area (Å²) in [5.41, 5.74) is 0.668. The normalized spacial score (nSPS) is 11.8. The number of alkyl halides is 3. The minimum absolute atomic E-state index is 0.121. The monoisotopic (exact) mass is 313 g/mol. The number of hydrogen-bond donors (Lipinski definition) is 2. The number of fused-ring (bicyclic) bond motifs is 1. The summed E-state index contributed by atoms with van der Waals surface area (Å²) in [7, 11) is 0. The van der Waals surface area contributed by atoms with Gasteiger partial charge in [-0.3, -0.25) is 5.32 Å². The van der Waals surface area contributed by atoms with Gasteiger partial charge in [0, 0.05) is 0 Å². The molecule has 8 nitrogen and oxygen atoms in total. The quantitative estimate of drug-likeness (QED) is 0.753. The molecular weight excluding hydrogens is 307 g/mol. The van der Waals surface area contributed by atoms with Crippen LogP contribution in [0.3, 0.4) is 0 Å². The van der Waals surface area contributed by atoms with E-state index in [-0.39, 0.29) is 17.2 Å². The fourth-order valence-electron chi connectivity index (χ4n) is 1.85. The zero-order valence-electron chi connectivity index (χ0n) is 10.5. The van der Waals surface area contributed by atoms with Crippen LogP contribution in [0.15, 0.2) is 28.9 Å². The molecule has 0 saturated carbocycles.